The zero-order valence-electron chi connectivity index (χ0n) is 18.0. The summed E-state index contributed by atoms with van der Waals surface area (Å²) in [6.07, 6.45) is 0.203. The fourth-order valence-corrected chi connectivity index (χ4v) is 4.45. The summed E-state index contributed by atoms with van der Waals surface area (Å²) in [5, 5.41) is 9.33. The summed E-state index contributed by atoms with van der Waals surface area (Å²) in [5.41, 5.74) is 1.77. The lowest BCUT2D eigenvalue weighted by Gasteiger charge is -2.19. The number of methoxy groups -OCH3 is 1. The molecule has 3 aromatic carbocycles. The first-order valence-corrected chi connectivity index (χ1v) is 11.4. The van der Waals surface area contributed by atoms with Crippen molar-refractivity contribution in [3.8, 4) is 5.69 Å². The predicted molar refractivity (Wildman–Crippen MR) is 128 cm³/mol. The lowest BCUT2D eigenvalue weighted by Crippen LogP contribution is -2.24. The quantitative estimate of drug-likeness (QED) is 0.321. The molecule has 4 aromatic rings. The third-order valence-corrected chi connectivity index (χ3v) is 6.28. The normalized spacial score (nSPS) is 11.0. The van der Waals surface area contributed by atoms with E-state index in [0.29, 0.717) is 22.3 Å². The minimum absolute atomic E-state index is 0.0746. The molecule has 0 aliphatic heterocycles. The maximum Gasteiger partial charge on any atom is 0.355 e. The highest BCUT2D eigenvalue weighted by Crippen LogP contribution is 2.26. The molecule has 0 saturated heterocycles. The average Bonchev–Trinajstić information content (AvgIpc) is 2.85. The molecule has 0 aliphatic carbocycles. The Kier molecular flexibility index (Phi) is 6.91. The number of esters is 1. The minimum Gasteiger partial charge on any atom is -0.464 e. The van der Waals surface area contributed by atoms with E-state index >= 15 is 0 Å². The molecule has 168 valence electrons. The zero-order valence-corrected chi connectivity index (χ0v) is 18.8. The van der Waals surface area contributed by atoms with Crippen LogP contribution >= 0.6 is 11.8 Å². The smallest absolute Gasteiger partial charge is 0.355 e. The van der Waals surface area contributed by atoms with Crippen molar-refractivity contribution in [3.63, 3.8) is 0 Å². The second-order valence-electron chi connectivity index (χ2n) is 7.37. The van der Waals surface area contributed by atoms with Crippen LogP contribution in [0.2, 0.25) is 0 Å². The highest BCUT2D eigenvalue weighted by Gasteiger charge is 2.24. The summed E-state index contributed by atoms with van der Waals surface area (Å²) in [6.45, 7) is 0.0889. The van der Waals surface area contributed by atoms with Crippen molar-refractivity contribution < 1.29 is 19.0 Å². The van der Waals surface area contributed by atoms with Crippen molar-refractivity contribution in [2.75, 3.05) is 19.5 Å². The van der Waals surface area contributed by atoms with Gasteiger partial charge in [-0.15, -0.1) is 11.8 Å². The number of thioether (sulfide) groups is 1. The molecule has 4 rings (SSSR count). The molecular weight excluding hydrogens is 441 g/mol. The van der Waals surface area contributed by atoms with E-state index in [0.717, 1.165) is 10.5 Å². The van der Waals surface area contributed by atoms with Gasteiger partial charge < -0.3 is 14.4 Å². The van der Waals surface area contributed by atoms with Crippen LogP contribution in [0, 0.1) is 5.82 Å². The van der Waals surface area contributed by atoms with Crippen LogP contribution in [0.3, 0.4) is 0 Å². The molecule has 5 nitrogen and oxygen atoms in total. The highest BCUT2D eigenvalue weighted by molar-refractivity contribution is 7.99. The Morgan fingerprint density at radius 2 is 1.79 bits per heavy atom. The van der Waals surface area contributed by atoms with Crippen molar-refractivity contribution in [2.45, 2.75) is 11.3 Å². The molecule has 33 heavy (non-hydrogen) atoms. The largest absolute Gasteiger partial charge is 0.464 e. The van der Waals surface area contributed by atoms with Gasteiger partial charge >= 0.3 is 5.97 Å². The van der Waals surface area contributed by atoms with Crippen molar-refractivity contribution >= 4 is 28.6 Å². The number of benzene rings is 3. The van der Waals surface area contributed by atoms with E-state index in [2.05, 4.69) is 0 Å². The van der Waals surface area contributed by atoms with E-state index < -0.39 is 11.8 Å². The Bertz CT molecular complexity index is 1350. The van der Waals surface area contributed by atoms with Crippen molar-refractivity contribution in [1.82, 2.24) is 4.57 Å². The second-order valence-corrected chi connectivity index (χ2v) is 8.54. The lowest BCUT2D eigenvalue weighted by molar-refractivity contribution is 0.0590. The van der Waals surface area contributed by atoms with Gasteiger partial charge in [0.05, 0.1) is 19.2 Å². The van der Waals surface area contributed by atoms with Gasteiger partial charge in [-0.05, 0) is 48.0 Å². The zero-order chi connectivity index (χ0) is 23.4. The maximum absolute atomic E-state index is 14.2. The molecule has 0 radical (unpaired) electrons. The van der Waals surface area contributed by atoms with Crippen LogP contribution in [0.25, 0.3) is 16.6 Å². The van der Waals surface area contributed by atoms with Gasteiger partial charge in [0.15, 0.2) is 5.43 Å². The number of fused-ring (bicyclic) bond motifs is 1. The van der Waals surface area contributed by atoms with Crippen LogP contribution < -0.4 is 5.43 Å². The number of aliphatic hydroxyl groups excluding tert-OH is 1. The molecule has 0 spiro atoms. The topological polar surface area (TPSA) is 68.5 Å². The molecule has 0 amide bonds. The molecule has 0 saturated carbocycles. The Balaban J connectivity index is 1.96. The van der Waals surface area contributed by atoms with Gasteiger partial charge in [0, 0.05) is 33.7 Å². The van der Waals surface area contributed by atoms with Crippen molar-refractivity contribution in [2.24, 2.45) is 0 Å². The Morgan fingerprint density at radius 1 is 1.06 bits per heavy atom. The van der Waals surface area contributed by atoms with E-state index in [1.807, 2.05) is 42.5 Å². The summed E-state index contributed by atoms with van der Waals surface area (Å²) in [6, 6.07) is 20.6. The van der Waals surface area contributed by atoms with Gasteiger partial charge in [0.1, 0.15) is 11.5 Å². The first-order chi connectivity index (χ1) is 16.0. The number of pyridine rings is 1. The van der Waals surface area contributed by atoms with Gasteiger partial charge in [-0.2, -0.15) is 0 Å². The minimum atomic E-state index is -0.674. The third-order valence-electron chi connectivity index (χ3n) is 5.29. The van der Waals surface area contributed by atoms with Crippen molar-refractivity contribution in [1.29, 1.82) is 0 Å². The fraction of sp³-hybridized carbons (Fsp3) is 0.154. The summed E-state index contributed by atoms with van der Waals surface area (Å²) < 4.78 is 20.8. The van der Waals surface area contributed by atoms with E-state index in [-0.39, 0.29) is 29.7 Å². The average molecular weight is 464 g/mol. The van der Waals surface area contributed by atoms with Crippen LogP contribution in [0.1, 0.15) is 21.6 Å². The summed E-state index contributed by atoms with van der Waals surface area (Å²) in [7, 11) is 1.26. The van der Waals surface area contributed by atoms with Gasteiger partial charge in [0.2, 0.25) is 0 Å². The van der Waals surface area contributed by atoms with Gasteiger partial charge in [0.25, 0.3) is 0 Å². The van der Waals surface area contributed by atoms with E-state index in [1.165, 1.54) is 37.1 Å². The molecule has 1 aromatic heterocycles. The van der Waals surface area contributed by atoms with E-state index in [9.17, 15) is 14.0 Å². The summed E-state index contributed by atoms with van der Waals surface area (Å²) >= 11 is 1.53. The van der Waals surface area contributed by atoms with Crippen LogP contribution in [-0.2, 0) is 11.2 Å². The molecule has 7 heteroatoms. The number of carbonyl (C=O) groups is 1. The number of ether oxygens (including phenoxy) is 1. The van der Waals surface area contributed by atoms with E-state index in [1.54, 1.807) is 16.7 Å². The number of hydrogen-bond acceptors (Lipinski definition) is 5. The summed E-state index contributed by atoms with van der Waals surface area (Å²) in [5.74, 6) is -0.590. The molecule has 0 atom stereocenters. The van der Waals surface area contributed by atoms with Gasteiger partial charge in [-0.1, -0.05) is 30.3 Å². The Hall–Kier alpha value is -3.42. The number of halogens is 1. The fourth-order valence-electron chi connectivity index (χ4n) is 3.80. The predicted octanol–water partition coefficient (Wildman–Crippen LogP) is 4.59. The second kappa shape index (κ2) is 10.0. The molecule has 1 heterocycles. The first kappa shape index (κ1) is 22.8. The molecule has 0 unspecified atom stereocenters. The van der Waals surface area contributed by atoms with Crippen LogP contribution in [0.15, 0.2) is 82.5 Å². The number of hydrogen-bond donors (Lipinski definition) is 1. The number of carbonyl (C=O) groups excluding carboxylic acids is 1. The van der Waals surface area contributed by atoms with Crippen LogP contribution in [0.4, 0.5) is 4.39 Å². The summed E-state index contributed by atoms with van der Waals surface area (Å²) in [4.78, 5) is 27.5. The monoisotopic (exact) mass is 463 g/mol. The number of nitrogens with zero attached hydrogens (tertiary/aromatic N) is 1. The van der Waals surface area contributed by atoms with Gasteiger partial charge in [-0.3, -0.25) is 4.79 Å². The molecule has 1 N–H and O–H groups in total. The molecule has 0 fully saturated rings. The maximum atomic E-state index is 14.2. The number of rotatable bonds is 7. The van der Waals surface area contributed by atoms with Crippen LogP contribution in [-0.4, -0.2) is 35.1 Å². The lowest BCUT2D eigenvalue weighted by atomic mass is 9.99. The third kappa shape index (κ3) is 4.69. The molecule has 0 bridgehead atoms. The number of aliphatic hydroxyl groups is 1. The van der Waals surface area contributed by atoms with Crippen molar-refractivity contribution in [3.05, 3.63) is 106 Å². The first-order valence-electron chi connectivity index (χ1n) is 10.4. The Morgan fingerprint density at radius 3 is 2.45 bits per heavy atom. The molecular formula is C26H22FNO4S. The number of para-hydroxylation sites is 1. The Labute approximate surface area is 194 Å². The van der Waals surface area contributed by atoms with E-state index in [4.69, 9.17) is 9.84 Å². The SMILES string of the molecule is COC(=O)c1c(Cc2ccc(SCCO)cc2)c(=O)c2ccc(F)cc2n1-c1ccccc1. The molecule has 0 aliphatic rings. The van der Waals surface area contributed by atoms with Gasteiger partial charge in [-0.25, -0.2) is 9.18 Å². The number of aromatic nitrogens is 1. The highest BCUT2D eigenvalue weighted by atomic mass is 32.2. The standard InChI is InChI=1S/C26H22FNO4S/c1-32-26(31)24-22(15-17-7-10-20(11-8-17)33-14-13-29)25(30)21-12-9-18(27)16-23(21)28(24)19-5-3-2-4-6-19/h2-12,16,29H,13-15H2,1H3. The van der Waals surface area contributed by atoms with Crippen LogP contribution in [0.5, 0.6) is 0 Å².